The van der Waals surface area contributed by atoms with Crippen LogP contribution in [0.15, 0.2) is 83.5 Å². The molecule has 4 rings (SSSR count). The lowest BCUT2D eigenvalue weighted by molar-refractivity contribution is 0.129. The first-order chi connectivity index (χ1) is 14.0. The second kappa shape index (κ2) is 8.32. The Labute approximate surface area is 177 Å². The zero-order chi connectivity index (χ0) is 20.4. The second-order valence-electron chi connectivity index (χ2n) is 9.63. The van der Waals surface area contributed by atoms with E-state index in [1.165, 1.54) is 42.4 Å². The van der Waals surface area contributed by atoms with Crippen LogP contribution in [0.25, 0.3) is 0 Å². The van der Waals surface area contributed by atoms with Gasteiger partial charge in [-0.25, -0.2) is 0 Å². The van der Waals surface area contributed by atoms with Gasteiger partial charge in [-0.15, -0.1) is 0 Å². The zero-order valence-electron chi connectivity index (χ0n) is 18.5. The van der Waals surface area contributed by atoms with Crippen LogP contribution in [0, 0.1) is 5.41 Å². The normalized spacial score (nSPS) is 24.6. The largest absolute Gasteiger partial charge is 0.281 e. The lowest BCUT2D eigenvalue weighted by atomic mass is 9.68. The van der Waals surface area contributed by atoms with Gasteiger partial charge in [0.05, 0.1) is 6.04 Å². The molecule has 1 saturated carbocycles. The molecule has 152 valence electrons. The molecule has 1 heterocycles. The second-order valence-corrected chi connectivity index (χ2v) is 9.63. The first kappa shape index (κ1) is 20.2. The highest BCUT2D eigenvalue weighted by Gasteiger charge is 2.43. The molecule has 1 nitrogen and oxygen atoms in total. The third kappa shape index (κ3) is 3.98. The molecular formula is C28H35N. The van der Waals surface area contributed by atoms with Crippen LogP contribution >= 0.6 is 0 Å². The van der Waals surface area contributed by atoms with Gasteiger partial charge in [0.1, 0.15) is 0 Å². The summed E-state index contributed by atoms with van der Waals surface area (Å²) in [5.74, 6) is 0. The Balaban J connectivity index is 1.90. The van der Waals surface area contributed by atoms with Gasteiger partial charge in [0.15, 0.2) is 0 Å². The van der Waals surface area contributed by atoms with Crippen molar-refractivity contribution in [3.05, 3.63) is 94.6 Å². The molecule has 0 N–H and O–H groups in total. The minimum Gasteiger partial charge on any atom is -0.281 e. The molecule has 0 unspecified atom stereocenters. The summed E-state index contributed by atoms with van der Waals surface area (Å²) < 4.78 is 0. The maximum absolute atomic E-state index is 2.80. The first-order valence-corrected chi connectivity index (χ1v) is 11.3. The number of allylic oxidation sites excluding steroid dienone is 1. The molecular weight excluding hydrogens is 350 g/mol. The molecule has 2 aromatic rings. The van der Waals surface area contributed by atoms with Crippen LogP contribution in [0.4, 0.5) is 0 Å². The Kier molecular flexibility index (Phi) is 5.79. The van der Waals surface area contributed by atoms with E-state index in [1.54, 1.807) is 11.1 Å². The molecule has 2 aliphatic rings. The number of hydrogen-bond acceptors (Lipinski definition) is 1. The van der Waals surface area contributed by atoms with E-state index in [0.717, 1.165) is 6.54 Å². The summed E-state index contributed by atoms with van der Waals surface area (Å²) in [5.41, 5.74) is 7.85. The van der Waals surface area contributed by atoms with Crippen molar-refractivity contribution in [1.82, 2.24) is 4.90 Å². The maximum Gasteiger partial charge on any atom is 0.0609 e. The van der Waals surface area contributed by atoms with E-state index in [1.807, 2.05) is 0 Å². The molecule has 2 atom stereocenters. The summed E-state index contributed by atoms with van der Waals surface area (Å²) in [4.78, 5) is 2.80. The molecule has 29 heavy (non-hydrogen) atoms. The molecule has 1 fully saturated rings. The molecule has 0 saturated heterocycles. The average Bonchev–Trinajstić information content (AvgIpc) is 2.73. The topological polar surface area (TPSA) is 3.24 Å². The van der Waals surface area contributed by atoms with E-state index in [4.69, 9.17) is 0 Å². The van der Waals surface area contributed by atoms with Crippen LogP contribution in [0.1, 0.15) is 70.5 Å². The van der Waals surface area contributed by atoms with Gasteiger partial charge in [0.2, 0.25) is 0 Å². The van der Waals surface area contributed by atoms with Crippen molar-refractivity contribution < 1.29 is 0 Å². The third-order valence-corrected chi connectivity index (χ3v) is 6.60. The van der Waals surface area contributed by atoms with Crippen molar-refractivity contribution in [3.8, 4) is 0 Å². The summed E-state index contributed by atoms with van der Waals surface area (Å²) in [6, 6.07) is 23.1. The highest BCUT2D eigenvalue weighted by Crippen LogP contribution is 2.51. The molecule has 0 bridgehead atoms. The smallest absolute Gasteiger partial charge is 0.0609 e. The number of benzene rings is 2. The number of fused-ring (bicyclic) bond motifs is 1. The predicted octanol–water partition coefficient (Wildman–Crippen LogP) is 7.48. The van der Waals surface area contributed by atoms with Crippen LogP contribution in [0.3, 0.4) is 0 Å². The number of rotatable bonds is 3. The SMILES string of the molecule is C/C=C1\C(C(C)(C)C)=C2CCCC[C@H]2N(Cc2ccccc2)[C@H]1c1ccccc1. The molecule has 0 radical (unpaired) electrons. The summed E-state index contributed by atoms with van der Waals surface area (Å²) in [6.07, 6.45) is 7.60. The Morgan fingerprint density at radius 1 is 0.931 bits per heavy atom. The number of nitrogens with zero attached hydrogens (tertiary/aromatic N) is 1. The van der Waals surface area contributed by atoms with Crippen LogP contribution < -0.4 is 0 Å². The van der Waals surface area contributed by atoms with Gasteiger partial charge in [-0.05, 0) is 59.4 Å². The molecule has 1 aliphatic heterocycles. The van der Waals surface area contributed by atoms with Crippen LogP contribution in [-0.4, -0.2) is 10.9 Å². The zero-order valence-corrected chi connectivity index (χ0v) is 18.5. The van der Waals surface area contributed by atoms with Gasteiger partial charge in [-0.1, -0.05) is 93.9 Å². The number of hydrogen-bond donors (Lipinski definition) is 0. The van der Waals surface area contributed by atoms with Crippen LogP contribution in [0.2, 0.25) is 0 Å². The standard InChI is InChI=1S/C28H35N/c1-5-23-26(28(2,3)4)24-18-12-13-19-25(24)29(20-21-14-8-6-9-15-21)27(23)22-16-10-7-11-17-22/h5-11,14-17,25,27H,12-13,18-20H2,1-4H3/b23-5+/t25-,27+/m1/s1. The predicted molar refractivity (Wildman–Crippen MR) is 124 cm³/mol. The highest BCUT2D eigenvalue weighted by molar-refractivity contribution is 5.51. The minimum atomic E-state index is 0.165. The summed E-state index contributed by atoms with van der Waals surface area (Å²) >= 11 is 0. The van der Waals surface area contributed by atoms with Crippen molar-refractivity contribution in [3.63, 3.8) is 0 Å². The lowest BCUT2D eigenvalue weighted by Crippen LogP contribution is -2.46. The fraction of sp³-hybridized carbons (Fsp3) is 0.429. The fourth-order valence-corrected chi connectivity index (χ4v) is 5.55. The monoisotopic (exact) mass is 385 g/mol. The molecule has 1 heteroatoms. The van der Waals surface area contributed by atoms with Gasteiger partial charge in [0, 0.05) is 12.6 Å². The van der Waals surface area contributed by atoms with E-state index in [0.29, 0.717) is 12.1 Å². The molecule has 2 aromatic carbocycles. The molecule has 0 spiro atoms. The van der Waals surface area contributed by atoms with Crippen LogP contribution in [0.5, 0.6) is 0 Å². The molecule has 0 aromatic heterocycles. The maximum atomic E-state index is 2.80. The van der Waals surface area contributed by atoms with Crippen molar-refractivity contribution in [1.29, 1.82) is 0 Å². The van der Waals surface area contributed by atoms with Crippen molar-refractivity contribution in [2.45, 2.75) is 72.0 Å². The minimum absolute atomic E-state index is 0.165. The van der Waals surface area contributed by atoms with E-state index in [-0.39, 0.29) is 5.41 Å². The van der Waals surface area contributed by atoms with E-state index in [9.17, 15) is 0 Å². The van der Waals surface area contributed by atoms with Crippen molar-refractivity contribution >= 4 is 0 Å². The Morgan fingerprint density at radius 2 is 1.59 bits per heavy atom. The van der Waals surface area contributed by atoms with Gasteiger partial charge in [-0.3, -0.25) is 4.90 Å². The first-order valence-electron chi connectivity index (χ1n) is 11.3. The van der Waals surface area contributed by atoms with Crippen LogP contribution in [-0.2, 0) is 6.54 Å². The Hall–Kier alpha value is -2.12. The van der Waals surface area contributed by atoms with E-state index in [2.05, 4.69) is 99.3 Å². The average molecular weight is 386 g/mol. The van der Waals surface area contributed by atoms with E-state index < -0.39 is 0 Å². The Morgan fingerprint density at radius 3 is 2.21 bits per heavy atom. The van der Waals surface area contributed by atoms with Crippen molar-refractivity contribution in [2.24, 2.45) is 5.41 Å². The van der Waals surface area contributed by atoms with Gasteiger partial charge in [0.25, 0.3) is 0 Å². The molecule has 1 aliphatic carbocycles. The van der Waals surface area contributed by atoms with E-state index >= 15 is 0 Å². The van der Waals surface area contributed by atoms with Crippen molar-refractivity contribution in [2.75, 3.05) is 0 Å². The fourth-order valence-electron chi connectivity index (χ4n) is 5.55. The third-order valence-electron chi connectivity index (χ3n) is 6.60. The Bertz CT molecular complexity index is 883. The summed E-state index contributed by atoms with van der Waals surface area (Å²) in [5, 5.41) is 0. The van der Waals surface area contributed by atoms with Gasteiger partial charge >= 0.3 is 0 Å². The van der Waals surface area contributed by atoms with Gasteiger partial charge < -0.3 is 0 Å². The summed E-state index contributed by atoms with van der Waals surface area (Å²) in [6.45, 7) is 10.4. The quantitative estimate of drug-likeness (QED) is 0.529. The summed E-state index contributed by atoms with van der Waals surface area (Å²) in [7, 11) is 0. The lowest BCUT2D eigenvalue weighted by Gasteiger charge is -2.50. The highest BCUT2D eigenvalue weighted by atomic mass is 15.2. The molecule has 0 amide bonds. The van der Waals surface area contributed by atoms with Gasteiger partial charge in [-0.2, -0.15) is 0 Å².